The topological polar surface area (TPSA) is 26.3 Å². The Labute approximate surface area is 138 Å². The maximum absolute atomic E-state index is 10.9. The van der Waals surface area contributed by atoms with Gasteiger partial charge >= 0.3 is 5.97 Å². The van der Waals surface area contributed by atoms with Crippen LogP contribution >= 0.6 is 0 Å². The van der Waals surface area contributed by atoms with E-state index in [2.05, 4.69) is 30.7 Å². The first-order valence-corrected chi connectivity index (χ1v) is 9.25. The Hall–Kier alpha value is -0.790. The second-order valence-corrected chi connectivity index (χ2v) is 6.31. The number of allylic oxidation sites excluding steroid dienone is 2. The van der Waals surface area contributed by atoms with Crippen molar-refractivity contribution in [3.8, 4) is 0 Å². The average molecular weight is 310 g/mol. The molecule has 1 unspecified atom stereocenters. The molecule has 0 bridgehead atoms. The van der Waals surface area contributed by atoms with Gasteiger partial charge in [0, 0.05) is 6.42 Å². The Morgan fingerprint density at radius 1 is 1.00 bits per heavy atom. The zero-order chi connectivity index (χ0) is 16.5. The zero-order valence-electron chi connectivity index (χ0n) is 14.9. The largest absolute Gasteiger partial charge is 0.469 e. The van der Waals surface area contributed by atoms with Crippen LogP contribution in [0.1, 0.15) is 90.4 Å². The van der Waals surface area contributed by atoms with Crippen molar-refractivity contribution in [2.45, 2.75) is 90.4 Å². The molecule has 0 spiro atoms. The number of hydrogen-bond acceptors (Lipinski definition) is 2. The Morgan fingerprint density at radius 2 is 1.68 bits per heavy atom. The third-order valence-corrected chi connectivity index (χ3v) is 4.08. The molecule has 0 saturated heterocycles. The smallest absolute Gasteiger partial charge is 0.305 e. The Bertz CT molecular complexity index is 271. The van der Waals surface area contributed by atoms with Crippen LogP contribution in [-0.2, 0) is 9.53 Å². The maximum Gasteiger partial charge on any atom is 0.305 e. The minimum atomic E-state index is -0.0925. The Kier molecular flexibility index (Phi) is 16.0. The van der Waals surface area contributed by atoms with E-state index in [9.17, 15) is 4.79 Å². The number of carbonyl (C=O) groups is 1. The van der Waals surface area contributed by atoms with Gasteiger partial charge in [-0.25, -0.2) is 0 Å². The summed E-state index contributed by atoms with van der Waals surface area (Å²) in [4.78, 5) is 10.9. The minimum Gasteiger partial charge on any atom is -0.469 e. The lowest BCUT2D eigenvalue weighted by atomic mass is 9.98. The molecular formula is C20H37O2-. The molecule has 0 amide bonds. The first kappa shape index (κ1) is 21.2. The van der Waals surface area contributed by atoms with Crippen molar-refractivity contribution in [1.29, 1.82) is 0 Å². The summed E-state index contributed by atoms with van der Waals surface area (Å²) in [5.74, 6) is 0.479. The van der Waals surface area contributed by atoms with Crippen molar-refractivity contribution in [3.05, 3.63) is 19.1 Å². The van der Waals surface area contributed by atoms with Gasteiger partial charge in [0.25, 0.3) is 0 Å². The van der Waals surface area contributed by atoms with Crippen LogP contribution in [0.5, 0.6) is 0 Å². The molecule has 2 nitrogen and oxygen atoms in total. The van der Waals surface area contributed by atoms with Crippen molar-refractivity contribution in [2.24, 2.45) is 5.92 Å². The van der Waals surface area contributed by atoms with E-state index < -0.39 is 0 Å². The zero-order valence-corrected chi connectivity index (χ0v) is 14.9. The van der Waals surface area contributed by atoms with Crippen molar-refractivity contribution in [1.82, 2.24) is 0 Å². The molecule has 1 atom stereocenters. The first-order chi connectivity index (χ1) is 10.7. The fourth-order valence-corrected chi connectivity index (χ4v) is 2.55. The van der Waals surface area contributed by atoms with Crippen LogP contribution in [0.2, 0.25) is 0 Å². The Morgan fingerprint density at radius 3 is 2.41 bits per heavy atom. The summed E-state index contributed by atoms with van der Waals surface area (Å²) in [6.45, 7) is 6.51. The van der Waals surface area contributed by atoms with Crippen LogP contribution in [0.25, 0.3) is 0 Å². The number of rotatable bonds is 15. The first-order valence-electron chi connectivity index (χ1n) is 9.25. The number of hydrogen-bond donors (Lipinski definition) is 0. The van der Waals surface area contributed by atoms with E-state index in [4.69, 9.17) is 0 Å². The van der Waals surface area contributed by atoms with Crippen molar-refractivity contribution >= 4 is 5.97 Å². The summed E-state index contributed by atoms with van der Waals surface area (Å²) < 4.78 is 4.62. The monoisotopic (exact) mass is 309 g/mol. The van der Waals surface area contributed by atoms with E-state index in [0.29, 0.717) is 12.3 Å². The number of methoxy groups -OCH3 is 1. The summed E-state index contributed by atoms with van der Waals surface area (Å²) in [7, 11) is 1.45. The van der Waals surface area contributed by atoms with Crippen LogP contribution in [0, 0.1) is 12.8 Å². The maximum atomic E-state index is 10.9. The van der Waals surface area contributed by atoms with Crippen LogP contribution in [-0.4, -0.2) is 13.1 Å². The van der Waals surface area contributed by atoms with Gasteiger partial charge in [0.1, 0.15) is 0 Å². The third kappa shape index (κ3) is 15.6. The SMILES string of the molecule is [CH2-]C(C/C=C/CCCCCC(=O)OC)CCCCCCCC. The Balaban J connectivity index is 3.31. The van der Waals surface area contributed by atoms with Crippen LogP contribution < -0.4 is 0 Å². The van der Waals surface area contributed by atoms with Gasteiger partial charge in [-0.05, 0) is 19.3 Å². The molecule has 22 heavy (non-hydrogen) atoms. The number of ether oxygens (including phenoxy) is 1. The third-order valence-electron chi connectivity index (χ3n) is 4.08. The molecule has 2 heteroatoms. The van der Waals surface area contributed by atoms with E-state index >= 15 is 0 Å². The standard InChI is InChI=1S/C20H37O2/c1-4-5-6-7-10-13-16-19(2)17-14-11-8-9-12-15-18-20(21)22-3/h11,14,19H,2,4-10,12-13,15-18H2,1,3H3/q-1/b14-11+. The molecule has 0 saturated carbocycles. The highest BCUT2D eigenvalue weighted by Crippen LogP contribution is 2.15. The van der Waals surface area contributed by atoms with Gasteiger partial charge < -0.3 is 11.7 Å². The highest BCUT2D eigenvalue weighted by atomic mass is 16.5. The number of carbonyl (C=O) groups excluding carboxylic acids is 1. The van der Waals surface area contributed by atoms with Gasteiger partial charge in [0.05, 0.1) is 7.11 Å². The molecule has 0 aliphatic heterocycles. The van der Waals surface area contributed by atoms with E-state index in [0.717, 1.165) is 32.1 Å². The van der Waals surface area contributed by atoms with Gasteiger partial charge in [-0.1, -0.05) is 76.9 Å². The van der Waals surface area contributed by atoms with E-state index in [-0.39, 0.29) is 5.97 Å². The quantitative estimate of drug-likeness (QED) is 0.154. The average Bonchev–Trinajstić information content (AvgIpc) is 2.52. The summed E-state index contributed by atoms with van der Waals surface area (Å²) in [5.41, 5.74) is 0. The van der Waals surface area contributed by atoms with Crippen LogP contribution in [0.4, 0.5) is 0 Å². The van der Waals surface area contributed by atoms with Crippen molar-refractivity contribution < 1.29 is 9.53 Å². The molecule has 0 rings (SSSR count). The summed E-state index contributed by atoms with van der Waals surface area (Å²) in [5, 5.41) is 0. The molecule has 0 aliphatic rings. The highest BCUT2D eigenvalue weighted by Gasteiger charge is 1.98. The molecule has 0 fully saturated rings. The predicted octanol–water partition coefficient (Wildman–Crippen LogP) is 6.26. The second kappa shape index (κ2) is 16.6. The molecule has 0 aromatic carbocycles. The number of esters is 1. The van der Waals surface area contributed by atoms with Gasteiger partial charge in [-0.15, -0.1) is 0 Å². The van der Waals surface area contributed by atoms with E-state index in [1.165, 1.54) is 52.1 Å². The highest BCUT2D eigenvalue weighted by molar-refractivity contribution is 5.68. The van der Waals surface area contributed by atoms with Crippen LogP contribution in [0.15, 0.2) is 12.2 Å². The van der Waals surface area contributed by atoms with Crippen LogP contribution in [0.3, 0.4) is 0 Å². The molecule has 0 N–H and O–H groups in total. The fourth-order valence-electron chi connectivity index (χ4n) is 2.55. The molecular weight excluding hydrogens is 272 g/mol. The van der Waals surface area contributed by atoms with Crippen molar-refractivity contribution in [2.75, 3.05) is 7.11 Å². The predicted molar refractivity (Wildman–Crippen MR) is 95.7 cm³/mol. The van der Waals surface area contributed by atoms with E-state index in [1.54, 1.807) is 0 Å². The summed E-state index contributed by atoms with van der Waals surface area (Å²) in [6, 6.07) is 0. The lowest BCUT2D eigenvalue weighted by Crippen LogP contribution is -1.98. The molecule has 0 aliphatic carbocycles. The van der Waals surface area contributed by atoms with Gasteiger partial charge in [-0.3, -0.25) is 4.79 Å². The second-order valence-electron chi connectivity index (χ2n) is 6.31. The van der Waals surface area contributed by atoms with Gasteiger partial charge in [0.2, 0.25) is 0 Å². The van der Waals surface area contributed by atoms with E-state index in [1.807, 2.05) is 0 Å². The number of unbranched alkanes of at least 4 members (excludes halogenated alkanes) is 8. The molecule has 0 radical (unpaired) electrons. The fraction of sp³-hybridized carbons (Fsp3) is 0.800. The molecule has 0 aromatic heterocycles. The van der Waals surface area contributed by atoms with Gasteiger partial charge in [0.15, 0.2) is 0 Å². The molecule has 0 heterocycles. The van der Waals surface area contributed by atoms with Crippen molar-refractivity contribution in [3.63, 3.8) is 0 Å². The van der Waals surface area contributed by atoms with Gasteiger partial charge in [-0.2, -0.15) is 5.92 Å². The molecule has 0 aromatic rings. The minimum absolute atomic E-state index is 0.0925. The lowest BCUT2D eigenvalue weighted by molar-refractivity contribution is -0.140. The molecule has 130 valence electrons. The normalized spacial score (nSPS) is 12.7. The lowest BCUT2D eigenvalue weighted by Gasteiger charge is -2.14. The summed E-state index contributed by atoms with van der Waals surface area (Å²) >= 11 is 0. The summed E-state index contributed by atoms with van der Waals surface area (Å²) in [6.07, 6.45) is 20.0.